The molecule has 0 unspecified atom stereocenters. The Bertz CT molecular complexity index is 822. The molecule has 0 aliphatic rings. The van der Waals surface area contributed by atoms with Crippen LogP contribution in [0.25, 0.3) is 11.3 Å². The number of carbonyl (C=O) groups is 1. The first-order valence-corrected chi connectivity index (χ1v) is 7.60. The van der Waals surface area contributed by atoms with E-state index in [9.17, 15) is 4.79 Å². The van der Waals surface area contributed by atoms with Crippen molar-refractivity contribution in [3.63, 3.8) is 0 Å². The van der Waals surface area contributed by atoms with E-state index in [4.69, 9.17) is 0 Å². The minimum absolute atomic E-state index is 0.269. The Morgan fingerprint density at radius 2 is 2.14 bits per heavy atom. The molecule has 1 N–H and O–H groups in total. The van der Waals surface area contributed by atoms with Crippen LogP contribution in [-0.4, -0.2) is 25.4 Å². The maximum atomic E-state index is 12.0. The van der Waals surface area contributed by atoms with Crippen LogP contribution >= 0.6 is 11.3 Å². The number of nitrogens with one attached hydrogen (secondary N) is 1. The third-order valence-corrected chi connectivity index (χ3v) is 4.33. The molecule has 6 nitrogen and oxygen atoms in total. The van der Waals surface area contributed by atoms with Gasteiger partial charge >= 0.3 is 0 Å². The largest absolute Gasteiger partial charge is 0.351 e. The van der Waals surface area contributed by atoms with Gasteiger partial charge in [0.15, 0.2) is 5.13 Å². The molecule has 0 saturated heterocycles. The number of carbonyl (C=O) groups excluding carboxylic acids is 1. The summed E-state index contributed by atoms with van der Waals surface area (Å²) >= 11 is 1.39. The standard InChI is InChI=1S/C15H15N5OS/c1-9-6-11(10(2)20(9)3)13-8-22-15(18-13)19-14(21)12-7-16-4-5-17-12/h4-8H,1-3H3,(H,18,19,21). The number of anilines is 1. The van der Waals surface area contributed by atoms with E-state index in [-0.39, 0.29) is 11.6 Å². The minimum Gasteiger partial charge on any atom is -0.351 e. The molecule has 0 bridgehead atoms. The predicted octanol–water partition coefficient (Wildman–Crippen LogP) is 2.81. The summed E-state index contributed by atoms with van der Waals surface area (Å²) in [6.07, 6.45) is 4.44. The predicted molar refractivity (Wildman–Crippen MR) is 86.0 cm³/mol. The number of nitrogens with zero attached hydrogens (tertiary/aromatic N) is 4. The maximum Gasteiger partial charge on any atom is 0.277 e. The third-order valence-electron chi connectivity index (χ3n) is 3.57. The van der Waals surface area contributed by atoms with Crippen molar-refractivity contribution in [1.29, 1.82) is 0 Å². The van der Waals surface area contributed by atoms with Crippen molar-refractivity contribution < 1.29 is 4.79 Å². The lowest BCUT2D eigenvalue weighted by atomic mass is 10.2. The molecule has 0 fully saturated rings. The number of aryl methyl sites for hydroxylation is 1. The SMILES string of the molecule is Cc1cc(-c2csc(NC(=O)c3cnccn3)n2)c(C)n1C. The zero-order valence-corrected chi connectivity index (χ0v) is 13.3. The molecule has 112 valence electrons. The Morgan fingerprint density at radius 1 is 1.32 bits per heavy atom. The van der Waals surface area contributed by atoms with Gasteiger partial charge in [-0.15, -0.1) is 11.3 Å². The van der Waals surface area contributed by atoms with Crippen LogP contribution in [0.5, 0.6) is 0 Å². The summed E-state index contributed by atoms with van der Waals surface area (Å²) in [4.78, 5) is 24.4. The lowest BCUT2D eigenvalue weighted by Crippen LogP contribution is -2.13. The summed E-state index contributed by atoms with van der Waals surface area (Å²) < 4.78 is 2.12. The van der Waals surface area contributed by atoms with Crippen LogP contribution in [0.2, 0.25) is 0 Å². The molecule has 7 heteroatoms. The van der Waals surface area contributed by atoms with Gasteiger partial charge in [0.1, 0.15) is 5.69 Å². The van der Waals surface area contributed by atoms with Crippen LogP contribution in [0.1, 0.15) is 21.9 Å². The van der Waals surface area contributed by atoms with Crippen molar-refractivity contribution in [2.45, 2.75) is 13.8 Å². The van der Waals surface area contributed by atoms with Crippen LogP contribution < -0.4 is 5.32 Å². The number of rotatable bonds is 3. The molecule has 3 rings (SSSR count). The van der Waals surface area contributed by atoms with Crippen LogP contribution in [0, 0.1) is 13.8 Å². The molecule has 0 saturated carbocycles. The molecular weight excluding hydrogens is 298 g/mol. The number of aromatic nitrogens is 4. The molecule has 0 atom stereocenters. The molecule has 1 amide bonds. The van der Waals surface area contributed by atoms with Gasteiger partial charge in [-0.3, -0.25) is 15.1 Å². The summed E-state index contributed by atoms with van der Waals surface area (Å²) in [6.45, 7) is 4.11. The van der Waals surface area contributed by atoms with Crippen molar-refractivity contribution in [3.8, 4) is 11.3 Å². The van der Waals surface area contributed by atoms with E-state index in [0.717, 1.165) is 17.0 Å². The van der Waals surface area contributed by atoms with Gasteiger partial charge in [-0.1, -0.05) is 0 Å². The average Bonchev–Trinajstić information content (AvgIpc) is 3.08. The van der Waals surface area contributed by atoms with Crippen LogP contribution in [0.3, 0.4) is 0 Å². The topological polar surface area (TPSA) is 72.7 Å². The van der Waals surface area contributed by atoms with Crippen molar-refractivity contribution in [1.82, 2.24) is 19.5 Å². The number of thiazole rings is 1. The smallest absolute Gasteiger partial charge is 0.277 e. The van der Waals surface area contributed by atoms with E-state index in [1.807, 2.05) is 12.4 Å². The highest BCUT2D eigenvalue weighted by molar-refractivity contribution is 7.14. The van der Waals surface area contributed by atoms with Gasteiger partial charge in [-0.25, -0.2) is 9.97 Å². The average molecular weight is 313 g/mol. The highest BCUT2D eigenvalue weighted by Crippen LogP contribution is 2.29. The highest BCUT2D eigenvalue weighted by atomic mass is 32.1. The van der Waals surface area contributed by atoms with Crippen molar-refractivity contribution in [2.75, 3.05) is 5.32 Å². The fourth-order valence-corrected chi connectivity index (χ4v) is 2.85. The molecule has 3 aromatic heterocycles. The number of amides is 1. The van der Waals surface area contributed by atoms with Gasteiger partial charge in [0.25, 0.3) is 5.91 Å². The molecule has 0 aliphatic carbocycles. The highest BCUT2D eigenvalue weighted by Gasteiger charge is 2.14. The van der Waals surface area contributed by atoms with Crippen molar-refractivity contribution in [3.05, 3.63) is 47.1 Å². The molecular formula is C15H15N5OS. The lowest BCUT2D eigenvalue weighted by molar-refractivity contribution is 0.102. The monoisotopic (exact) mass is 313 g/mol. The second-order valence-corrected chi connectivity index (χ2v) is 5.78. The Kier molecular flexibility index (Phi) is 3.72. The van der Waals surface area contributed by atoms with E-state index < -0.39 is 0 Å². The van der Waals surface area contributed by atoms with Gasteiger partial charge in [0.05, 0.1) is 11.9 Å². The van der Waals surface area contributed by atoms with Gasteiger partial charge in [-0.05, 0) is 19.9 Å². The summed E-state index contributed by atoms with van der Waals surface area (Å²) in [5.41, 5.74) is 4.53. The van der Waals surface area contributed by atoms with Crippen molar-refractivity contribution >= 4 is 22.4 Å². The maximum absolute atomic E-state index is 12.0. The summed E-state index contributed by atoms with van der Waals surface area (Å²) in [7, 11) is 2.03. The first-order valence-electron chi connectivity index (χ1n) is 6.72. The molecule has 0 aliphatic heterocycles. The molecule has 22 heavy (non-hydrogen) atoms. The Labute approximate surface area is 131 Å². The first kappa shape index (κ1) is 14.4. The summed E-state index contributed by atoms with van der Waals surface area (Å²) in [5, 5.41) is 5.23. The quantitative estimate of drug-likeness (QED) is 0.807. The van der Waals surface area contributed by atoms with E-state index in [2.05, 4.69) is 44.7 Å². The third kappa shape index (κ3) is 2.62. The fraction of sp³-hybridized carbons (Fsp3) is 0.200. The minimum atomic E-state index is -0.310. The van der Waals surface area contributed by atoms with Gasteiger partial charge in [0, 0.05) is 41.8 Å². The molecule has 0 aromatic carbocycles. The van der Waals surface area contributed by atoms with E-state index in [1.54, 1.807) is 0 Å². The summed E-state index contributed by atoms with van der Waals surface area (Å²) in [6, 6.07) is 2.10. The van der Waals surface area contributed by atoms with Crippen LogP contribution in [-0.2, 0) is 7.05 Å². The second-order valence-electron chi connectivity index (χ2n) is 4.93. The first-order chi connectivity index (χ1) is 10.6. The fourth-order valence-electron chi connectivity index (χ4n) is 2.15. The lowest BCUT2D eigenvalue weighted by Gasteiger charge is -2.00. The van der Waals surface area contributed by atoms with Gasteiger partial charge in [0.2, 0.25) is 0 Å². The molecule has 0 spiro atoms. The van der Waals surface area contributed by atoms with Crippen LogP contribution in [0.15, 0.2) is 30.0 Å². The zero-order valence-electron chi connectivity index (χ0n) is 12.5. The van der Waals surface area contributed by atoms with Crippen molar-refractivity contribution in [2.24, 2.45) is 7.05 Å². The Balaban J connectivity index is 1.82. The Morgan fingerprint density at radius 3 is 2.77 bits per heavy atom. The van der Waals surface area contributed by atoms with Gasteiger partial charge < -0.3 is 4.57 Å². The van der Waals surface area contributed by atoms with Crippen LogP contribution in [0.4, 0.5) is 5.13 Å². The summed E-state index contributed by atoms with van der Waals surface area (Å²) in [5.74, 6) is -0.310. The zero-order chi connectivity index (χ0) is 15.7. The van der Waals surface area contributed by atoms with Gasteiger partial charge in [-0.2, -0.15) is 0 Å². The number of hydrogen-bond acceptors (Lipinski definition) is 5. The number of hydrogen-bond donors (Lipinski definition) is 1. The molecule has 3 heterocycles. The van der Waals surface area contributed by atoms with E-state index in [1.165, 1.54) is 35.6 Å². The van der Waals surface area contributed by atoms with E-state index >= 15 is 0 Å². The van der Waals surface area contributed by atoms with E-state index in [0.29, 0.717) is 5.13 Å². The Hall–Kier alpha value is -2.54. The molecule has 0 radical (unpaired) electrons. The normalized spacial score (nSPS) is 10.7. The second kappa shape index (κ2) is 5.69. The molecule has 3 aromatic rings.